The third kappa shape index (κ3) is 2.38. The maximum Gasteiger partial charge on any atom is 0.145 e. The second-order valence-electron chi connectivity index (χ2n) is 4.35. The molecule has 3 heteroatoms. The zero-order valence-corrected chi connectivity index (χ0v) is 12.1. The SMILES string of the molecule is COc1ccc(C2=C(Br)Cc3ccccc3O2)cc1. The monoisotopic (exact) mass is 316 g/mol. The molecule has 19 heavy (non-hydrogen) atoms. The lowest BCUT2D eigenvalue weighted by Gasteiger charge is -2.21. The maximum atomic E-state index is 6.00. The first-order valence-corrected chi connectivity index (χ1v) is 6.86. The summed E-state index contributed by atoms with van der Waals surface area (Å²) in [6.07, 6.45) is 0.859. The molecule has 0 aromatic heterocycles. The number of benzene rings is 2. The third-order valence-corrected chi connectivity index (χ3v) is 3.77. The van der Waals surface area contributed by atoms with E-state index in [0.29, 0.717) is 0 Å². The number of ether oxygens (including phenoxy) is 2. The van der Waals surface area contributed by atoms with E-state index in [4.69, 9.17) is 9.47 Å². The van der Waals surface area contributed by atoms with Crippen molar-refractivity contribution in [2.45, 2.75) is 6.42 Å². The molecule has 0 unspecified atom stereocenters. The van der Waals surface area contributed by atoms with Crippen molar-refractivity contribution in [1.29, 1.82) is 0 Å². The van der Waals surface area contributed by atoms with Gasteiger partial charge in [0, 0.05) is 16.5 Å². The summed E-state index contributed by atoms with van der Waals surface area (Å²) in [7, 11) is 1.66. The predicted molar refractivity (Wildman–Crippen MR) is 79.6 cm³/mol. The second-order valence-corrected chi connectivity index (χ2v) is 5.31. The average Bonchev–Trinajstić information content (AvgIpc) is 2.47. The van der Waals surface area contributed by atoms with Crippen molar-refractivity contribution in [3.05, 3.63) is 64.1 Å². The molecule has 0 amide bonds. The standard InChI is InChI=1S/C16H13BrO2/c1-18-13-8-6-11(7-9-13)16-14(17)10-12-4-2-3-5-15(12)19-16/h2-9H,10H2,1H3. The minimum absolute atomic E-state index is 0.844. The number of rotatable bonds is 2. The largest absolute Gasteiger partial charge is 0.497 e. The van der Waals surface area contributed by atoms with Crippen molar-refractivity contribution < 1.29 is 9.47 Å². The molecule has 1 aliphatic heterocycles. The van der Waals surface area contributed by atoms with E-state index in [1.165, 1.54) is 5.56 Å². The molecule has 0 bridgehead atoms. The van der Waals surface area contributed by atoms with Gasteiger partial charge in [-0.2, -0.15) is 0 Å². The van der Waals surface area contributed by atoms with Crippen LogP contribution in [-0.2, 0) is 6.42 Å². The molecule has 0 fully saturated rings. The summed E-state index contributed by atoms with van der Waals surface area (Å²) in [6, 6.07) is 16.0. The Labute approximate surface area is 120 Å². The predicted octanol–water partition coefficient (Wildman–Crippen LogP) is 4.39. The van der Waals surface area contributed by atoms with Crippen LogP contribution in [0.1, 0.15) is 11.1 Å². The van der Waals surface area contributed by atoms with Gasteiger partial charge in [0.05, 0.1) is 7.11 Å². The van der Waals surface area contributed by atoms with Gasteiger partial charge in [-0.05, 0) is 35.9 Å². The molecule has 96 valence electrons. The topological polar surface area (TPSA) is 18.5 Å². The summed E-state index contributed by atoms with van der Waals surface area (Å²) < 4.78 is 12.2. The van der Waals surface area contributed by atoms with Gasteiger partial charge in [-0.3, -0.25) is 0 Å². The molecule has 0 radical (unpaired) electrons. The molecule has 2 aromatic carbocycles. The van der Waals surface area contributed by atoms with Gasteiger partial charge in [-0.25, -0.2) is 0 Å². The van der Waals surface area contributed by atoms with Gasteiger partial charge in [0.15, 0.2) is 0 Å². The van der Waals surface area contributed by atoms with Crippen molar-refractivity contribution >= 4 is 21.7 Å². The van der Waals surface area contributed by atoms with Crippen molar-refractivity contribution in [3.8, 4) is 11.5 Å². The number of halogens is 1. The van der Waals surface area contributed by atoms with Crippen LogP contribution in [-0.4, -0.2) is 7.11 Å². The number of methoxy groups -OCH3 is 1. The van der Waals surface area contributed by atoms with Gasteiger partial charge in [-0.1, -0.05) is 34.1 Å². The normalized spacial score (nSPS) is 13.8. The van der Waals surface area contributed by atoms with Crippen LogP contribution in [0.2, 0.25) is 0 Å². The lowest BCUT2D eigenvalue weighted by molar-refractivity contribution is 0.414. The summed E-state index contributed by atoms with van der Waals surface area (Å²) >= 11 is 3.62. The summed E-state index contributed by atoms with van der Waals surface area (Å²) in [5.41, 5.74) is 2.24. The molecule has 0 aliphatic carbocycles. The molecule has 0 saturated heterocycles. The highest BCUT2D eigenvalue weighted by molar-refractivity contribution is 9.11. The van der Waals surface area contributed by atoms with E-state index < -0.39 is 0 Å². The zero-order valence-electron chi connectivity index (χ0n) is 10.5. The minimum atomic E-state index is 0.844. The Morgan fingerprint density at radius 2 is 1.79 bits per heavy atom. The molecule has 3 rings (SSSR count). The van der Waals surface area contributed by atoms with Crippen LogP contribution in [0.3, 0.4) is 0 Å². The smallest absolute Gasteiger partial charge is 0.145 e. The first-order chi connectivity index (χ1) is 9.28. The van der Waals surface area contributed by atoms with Crippen LogP contribution < -0.4 is 9.47 Å². The molecule has 2 aromatic rings. The Balaban J connectivity index is 1.96. The second kappa shape index (κ2) is 5.10. The molecule has 1 aliphatic rings. The van der Waals surface area contributed by atoms with Gasteiger partial charge in [0.25, 0.3) is 0 Å². The number of para-hydroxylation sites is 1. The van der Waals surface area contributed by atoms with Gasteiger partial charge >= 0.3 is 0 Å². The summed E-state index contributed by atoms with van der Waals surface area (Å²) in [4.78, 5) is 0. The zero-order chi connectivity index (χ0) is 13.2. The van der Waals surface area contributed by atoms with E-state index in [1.54, 1.807) is 7.11 Å². The van der Waals surface area contributed by atoms with Crippen molar-refractivity contribution in [2.24, 2.45) is 0 Å². The van der Waals surface area contributed by atoms with Crippen LogP contribution in [0.15, 0.2) is 53.0 Å². The highest BCUT2D eigenvalue weighted by atomic mass is 79.9. The molecule has 0 spiro atoms. The fraction of sp³-hybridized carbons (Fsp3) is 0.125. The van der Waals surface area contributed by atoms with E-state index in [2.05, 4.69) is 22.0 Å². The molecule has 0 atom stereocenters. The highest BCUT2D eigenvalue weighted by Gasteiger charge is 2.19. The van der Waals surface area contributed by atoms with Crippen LogP contribution >= 0.6 is 15.9 Å². The van der Waals surface area contributed by atoms with Crippen molar-refractivity contribution in [3.63, 3.8) is 0 Å². The molecule has 2 nitrogen and oxygen atoms in total. The first kappa shape index (κ1) is 12.3. The van der Waals surface area contributed by atoms with Crippen LogP contribution in [0.5, 0.6) is 11.5 Å². The number of hydrogen-bond donors (Lipinski definition) is 0. The van der Waals surface area contributed by atoms with Gasteiger partial charge in [-0.15, -0.1) is 0 Å². The Morgan fingerprint density at radius 1 is 1.05 bits per heavy atom. The molecular formula is C16H13BrO2. The fourth-order valence-corrected chi connectivity index (χ4v) is 2.73. The summed E-state index contributed by atoms with van der Waals surface area (Å²) in [6.45, 7) is 0. The average molecular weight is 317 g/mol. The fourth-order valence-electron chi connectivity index (χ4n) is 2.12. The maximum absolute atomic E-state index is 6.00. The Hall–Kier alpha value is -1.74. The van der Waals surface area contributed by atoms with Crippen molar-refractivity contribution in [1.82, 2.24) is 0 Å². The van der Waals surface area contributed by atoms with Crippen LogP contribution in [0.4, 0.5) is 0 Å². The first-order valence-electron chi connectivity index (χ1n) is 6.07. The van der Waals surface area contributed by atoms with Crippen molar-refractivity contribution in [2.75, 3.05) is 7.11 Å². The summed E-state index contributed by atoms with van der Waals surface area (Å²) in [5.74, 6) is 2.65. The number of allylic oxidation sites excluding steroid dienone is 1. The van der Waals surface area contributed by atoms with E-state index in [0.717, 1.165) is 33.7 Å². The number of fused-ring (bicyclic) bond motifs is 1. The lowest BCUT2D eigenvalue weighted by Crippen LogP contribution is -2.06. The molecular weight excluding hydrogens is 304 g/mol. The third-order valence-electron chi connectivity index (χ3n) is 3.13. The minimum Gasteiger partial charge on any atom is -0.497 e. The molecule has 0 saturated carbocycles. The Bertz CT molecular complexity index is 629. The van der Waals surface area contributed by atoms with E-state index in [1.807, 2.05) is 42.5 Å². The van der Waals surface area contributed by atoms with Crippen LogP contribution in [0, 0.1) is 0 Å². The van der Waals surface area contributed by atoms with E-state index >= 15 is 0 Å². The summed E-state index contributed by atoms with van der Waals surface area (Å²) in [5, 5.41) is 0. The van der Waals surface area contributed by atoms with E-state index in [-0.39, 0.29) is 0 Å². The van der Waals surface area contributed by atoms with E-state index in [9.17, 15) is 0 Å². The molecule has 0 N–H and O–H groups in total. The quantitative estimate of drug-likeness (QED) is 0.818. The van der Waals surface area contributed by atoms with Gasteiger partial charge in [0.2, 0.25) is 0 Å². The number of hydrogen-bond acceptors (Lipinski definition) is 2. The van der Waals surface area contributed by atoms with Gasteiger partial charge < -0.3 is 9.47 Å². The Kier molecular flexibility index (Phi) is 3.30. The molecule has 1 heterocycles. The van der Waals surface area contributed by atoms with Crippen LogP contribution in [0.25, 0.3) is 5.76 Å². The van der Waals surface area contributed by atoms with Gasteiger partial charge in [0.1, 0.15) is 17.3 Å². The highest BCUT2D eigenvalue weighted by Crippen LogP contribution is 2.37. The Morgan fingerprint density at radius 3 is 2.53 bits per heavy atom. The lowest BCUT2D eigenvalue weighted by atomic mass is 10.0.